The zero-order valence-corrected chi connectivity index (χ0v) is 18.3. The fourth-order valence-corrected chi connectivity index (χ4v) is 3.82. The van der Waals surface area contributed by atoms with Crippen LogP contribution in [-0.2, 0) is 0 Å². The molecule has 0 spiro atoms. The molecule has 0 N–H and O–H groups in total. The van der Waals surface area contributed by atoms with Crippen molar-refractivity contribution in [3.63, 3.8) is 0 Å². The van der Waals surface area contributed by atoms with Crippen LogP contribution in [0.4, 0.5) is 5.82 Å². The number of hydrogen-bond acceptors (Lipinski definition) is 5. The predicted molar refractivity (Wildman–Crippen MR) is 117 cm³/mol. The second-order valence-corrected chi connectivity index (χ2v) is 8.05. The van der Waals surface area contributed by atoms with E-state index in [2.05, 4.69) is 27.1 Å². The first kappa shape index (κ1) is 20.1. The molecule has 7 nitrogen and oxygen atoms in total. The smallest absolute Gasteiger partial charge is 0.254 e. The van der Waals surface area contributed by atoms with Gasteiger partial charge in [0, 0.05) is 37.4 Å². The summed E-state index contributed by atoms with van der Waals surface area (Å²) in [5, 5.41) is 13.4. The van der Waals surface area contributed by atoms with E-state index >= 15 is 0 Å². The maximum absolute atomic E-state index is 12.9. The molecule has 1 saturated heterocycles. The number of aryl methyl sites for hydroxylation is 3. The molecule has 2 aromatic heterocycles. The van der Waals surface area contributed by atoms with Gasteiger partial charge in [0.15, 0.2) is 11.6 Å². The van der Waals surface area contributed by atoms with Crippen LogP contribution in [0.1, 0.15) is 38.4 Å². The lowest BCUT2D eigenvalue weighted by Crippen LogP contribution is -2.49. The van der Waals surface area contributed by atoms with E-state index in [-0.39, 0.29) is 5.91 Å². The molecule has 30 heavy (non-hydrogen) atoms. The Labute approximate surface area is 177 Å². The molecule has 1 aromatic carbocycles. The molecule has 156 valence electrons. The van der Waals surface area contributed by atoms with Crippen LogP contribution in [0.5, 0.6) is 0 Å². The van der Waals surface area contributed by atoms with Crippen LogP contribution in [0.2, 0.25) is 0 Å². The molecule has 0 bridgehead atoms. The highest BCUT2D eigenvalue weighted by Gasteiger charge is 2.24. The van der Waals surface area contributed by atoms with Gasteiger partial charge in [-0.25, -0.2) is 4.68 Å². The van der Waals surface area contributed by atoms with E-state index in [4.69, 9.17) is 0 Å². The van der Waals surface area contributed by atoms with Gasteiger partial charge in [-0.3, -0.25) is 4.79 Å². The first-order chi connectivity index (χ1) is 14.3. The van der Waals surface area contributed by atoms with E-state index in [1.165, 1.54) is 5.56 Å². The fourth-order valence-electron chi connectivity index (χ4n) is 3.82. The Balaban J connectivity index is 1.43. The number of aromatic nitrogens is 4. The second kappa shape index (κ2) is 7.89. The average Bonchev–Trinajstić information content (AvgIpc) is 3.02. The van der Waals surface area contributed by atoms with Crippen molar-refractivity contribution < 1.29 is 4.79 Å². The van der Waals surface area contributed by atoms with Crippen LogP contribution < -0.4 is 4.90 Å². The number of benzene rings is 1. The van der Waals surface area contributed by atoms with Crippen molar-refractivity contribution in [2.24, 2.45) is 0 Å². The first-order valence-electron chi connectivity index (χ1n) is 10.3. The zero-order valence-electron chi connectivity index (χ0n) is 18.3. The maximum Gasteiger partial charge on any atom is 0.254 e. The third-order valence-electron chi connectivity index (χ3n) is 6.02. The third kappa shape index (κ3) is 3.67. The molecule has 3 aromatic rings. The van der Waals surface area contributed by atoms with E-state index in [9.17, 15) is 4.79 Å². The molecular weight excluding hydrogens is 376 g/mol. The van der Waals surface area contributed by atoms with E-state index < -0.39 is 0 Å². The monoisotopic (exact) mass is 404 g/mol. The van der Waals surface area contributed by atoms with Gasteiger partial charge in [0.1, 0.15) is 0 Å². The Morgan fingerprint density at radius 2 is 1.53 bits per heavy atom. The van der Waals surface area contributed by atoms with Crippen LogP contribution in [-0.4, -0.2) is 57.0 Å². The Morgan fingerprint density at radius 1 is 0.867 bits per heavy atom. The molecule has 0 aliphatic carbocycles. The molecule has 3 heterocycles. The predicted octanol–water partition coefficient (Wildman–Crippen LogP) is 3.17. The van der Waals surface area contributed by atoms with Crippen LogP contribution >= 0.6 is 0 Å². The Hall–Kier alpha value is -3.22. The number of amides is 1. The largest absolute Gasteiger partial charge is 0.352 e. The summed E-state index contributed by atoms with van der Waals surface area (Å²) in [7, 11) is 0. The molecule has 4 rings (SSSR count). The van der Waals surface area contributed by atoms with Crippen LogP contribution in [0.15, 0.2) is 30.3 Å². The number of carbonyl (C=O) groups is 1. The van der Waals surface area contributed by atoms with Crippen LogP contribution in [0, 0.1) is 34.6 Å². The third-order valence-corrected chi connectivity index (χ3v) is 6.02. The van der Waals surface area contributed by atoms with Crippen molar-refractivity contribution >= 4 is 11.7 Å². The lowest BCUT2D eigenvalue weighted by Gasteiger charge is -2.35. The molecule has 7 heteroatoms. The van der Waals surface area contributed by atoms with Crippen LogP contribution in [0.3, 0.4) is 0 Å². The minimum absolute atomic E-state index is 0.108. The van der Waals surface area contributed by atoms with Gasteiger partial charge < -0.3 is 9.80 Å². The van der Waals surface area contributed by atoms with Crippen molar-refractivity contribution in [2.75, 3.05) is 31.1 Å². The van der Waals surface area contributed by atoms with Gasteiger partial charge in [0.25, 0.3) is 5.91 Å². The number of anilines is 1. The van der Waals surface area contributed by atoms with Gasteiger partial charge in [-0.2, -0.15) is 5.10 Å². The minimum Gasteiger partial charge on any atom is -0.352 e. The van der Waals surface area contributed by atoms with Crippen molar-refractivity contribution in [1.29, 1.82) is 0 Å². The average molecular weight is 405 g/mol. The summed E-state index contributed by atoms with van der Waals surface area (Å²) >= 11 is 0. The van der Waals surface area contributed by atoms with E-state index in [1.807, 2.05) is 67.6 Å². The van der Waals surface area contributed by atoms with Crippen molar-refractivity contribution in [1.82, 2.24) is 24.9 Å². The molecule has 0 unspecified atom stereocenters. The van der Waals surface area contributed by atoms with Gasteiger partial charge in [-0.05, 0) is 63.9 Å². The molecular formula is C23H28N6O. The summed E-state index contributed by atoms with van der Waals surface area (Å²) < 4.78 is 1.84. The molecule has 1 amide bonds. The molecule has 0 radical (unpaired) electrons. The SMILES string of the molecule is Cc1ccc(C)c(C(=O)N2CCN(c3ccc(-n4nc(C)c(C)c4C)nn3)CC2)c1. The fraction of sp³-hybridized carbons (Fsp3) is 0.391. The van der Waals surface area contributed by atoms with Gasteiger partial charge >= 0.3 is 0 Å². The van der Waals surface area contributed by atoms with E-state index in [0.717, 1.165) is 52.8 Å². The Morgan fingerprint density at radius 3 is 2.13 bits per heavy atom. The standard InChI is InChI=1S/C23H28N6O/c1-15-6-7-16(2)20(14-15)23(30)28-12-10-27(11-13-28)21-8-9-22(25-24-21)29-19(5)17(3)18(4)26-29/h6-9,14H,10-13H2,1-5H3. The van der Waals surface area contributed by atoms with Gasteiger partial charge in [-0.15, -0.1) is 10.2 Å². The number of rotatable bonds is 3. The highest BCUT2D eigenvalue weighted by atomic mass is 16.2. The number of hydrogen-bond donors (Lipinski definition) is 0. The lowest BCUT2D eigenvalue weighted by atomic mass is 10.0. The normalized spacial score (nSPS) is 14.3. The van der Waals surface area contributed by atoms with Crippen LogP contribution in [0.25, 0.3) is 5.82 Å². The minimum atomic E-state index is 0.108. The van der Waals surface area contributed by atoms with Gasteiger partial charge in [-0.1, -0.05) is 17.7 Å². The molecule has 1 fully saturated rings. The first-order valence-corrected chi connectivity index (χ1v) is 10.3. The van der Waals surface area contributed by atoms with E-state index in [1.54, 1.807) is 0 Å². The summed E-state index contributed by atoms with van der Waals surface area (Å²) in [4.78, 5) is 17.1. The maximum atomic E-state index is 12.9. The Kier molecular flexibility index (Phi) is 5.28. The number of carbonyl (C=O) groups excluding carboxylic acids is 1. The Bertz CT molecular complexity index is 1080. The van der Waals surface area contributed by atoms with E-state index in [0.29, 0.717) is 13.1 Å². The van der Waals surface area contributed by atoms with Crippen molar-refractivity contribution in [3.05, 3.63) is 64.0 Å². The summed E-state index contributed by atoms with van der Waals surface area (Å²) in [6, 6.07) is 9.97. The molecule has 1 aliphatic rings. The summed E-state index contributed by atoms with van der Waals surface area (Å²) in [5.41, 5.74) is 6.18. The number of nitrogens with zero attached hydrogens (tertiary/aromatic N) is 6. The quantitative estimate of drug-likeness (QED) is 0.671. The zero-order chi connectivity index (χ0) is 21.4. The number of piperazine rings is 1. The highest BCUT2D eigenvalue weighted by Crippen LogP contribution is 2.19. The molecule has 1 aliphatic heterocycles. The second-order valence-electron chi connectivity index (χ2n) is 8.05. The topological polar surface area (TPSA) is 67.2 Å². The molecule has 0 atom stereocenters. The van der Waals surface area contributed by atoms with Crippen molar-refractivity contribution in [3.8, 4) is 5.82 Å². The highest BCUT2D eigenvalue weighted by molar-refractivity contribution is 5.96. The summed E-state index contributed by atoms with van der Waals surface area (Å²) in [6.07, 6.45) is 0. The molecule has 0 saturated carbocycles. The summed E-state index contributed by atoms with van der Waals surface area (Å²) in [5.74, 6) is 1.66. The van der Waals surface area contributed by atoms with Gasteiger partial charge in [0.05, 0.1) is 5.69 Å². The lowest BCUT2D eigenvalue weighted by molar-refractivity contribution is 0.0745. The van der Waals surface area contributed by atoms with Gasteiger partial charge in [0.2, 0.25) is 0 Å². The summed E-state index contributed by atoms with van der Waals surface area (Å²) in [6.45, 7) is 12.9. The van der Waals surface area contributed by atoms with Crippen molar-refractivity contribution in [2.45, 2.75) is 34.6 Å².